The van der Waals surface area contributed by atoms with Crippen LogP contribution in [0.15, 0.2) is 90.5 Å². The topological polar surface area (TPSA) is 57.6 Å². The molecule has 1 unspecified atom stereocenters. The van der Waals surface area contributed by atoms with Crippen molar-refractivity contribution >= 4 is 29.1 Å². The van der Waals surface area contributed by atoms with Crippen molar-refractivity contribution in [3.05, 3.63) is 112 Å². The van der Waals surface area contributed by atoms with Crippen molar-refractivity contribution < 1.29 is 14.7 Å². The van der Waals surface area contributed by atoms with Crippen molar-refractivity contribution in [1.82, 2.24) is 4.90 Å². The molecule has 1 atom stereocenters. The fourth-order valence-corrected chi connectivity index (χ4v) is 3.69. The molecular weight excluding hydrogens is 386 g/mol. The molecule has 3 aromatic carbocycles. The number of amides is 1. The quantitative estimate of drug-likeness (QED) is 0.380. The van der Waals surface area contributed by atoms with Crippen LogP contribution in [0.3, 0.4) is 0 Å². The van der Waals surface area contributed by atoms with Crippen molar-refractivity contribution in [3.8, 4) is 0 Å². The van der Waals surface area contributed by atoms with E-state index in [1.54, 1.807) is 24.3 Å². The van der Waals surface area contributed by atoms with E-state index in [1.165, 1.54) is 4.90 Å². The van der Waals surface area contributed by atoms with Gasteiger partial charge < -0.3 is 10.0 Å². The van der Waals surface area contributed by atoms with Gasteiger partial charge in [-0.2, -0.15) is 0 Å². The number of hydrogen-bond donors (Lipinski definition) is 1. The molecule has 29 heavy (non-hydrogen) atoms. The molecule has 0 spiro atoms. The number of aliphatic hydroxyl groups excluding tert-OH is 1. The van der Waals surface area contributed by atoms with Gasteiger partial charge in [0.25, 0.3) is 11.7 Å². The minimum atomic E-state index is -0.692. The maximum absolute atomic E-state index is 12.9. The van der Waals surface area contributed by atoms with Gasteiger partial charge >= 0.3 is 0 Å². The average molecular weight is 404 g/mol. The monoisotopic (exact) mass is 403 g/mol. The molecule has 0 aromatic heterocycles. The van der Waals surface area contributed by atoms with E-state index >= 15 is 0 Å². The molecular formula is C24H18ClNO3. The van der Waals surface area contributed by atoms with Crippen molar-refractivity contribution in [2.45, 2.75) is 12.6 Å². The zero-order valence-corrected chi connectivity index (χ0v) is 16.2. The Morgan fingerprint density at radius 1 is 0.862 bits per heavy atom. The Kier molecular flexibility index (Phi) is 5.19. The fraction of sp³-hybridized carbons (Fsp3) is 0.0833. The Hall–Kier alpha value is -3.37. The highest BCUT2D eigenvalue weighted by Gasteiger charge is 2.45. The van der Waals surface area contributed by atoms with E-state index < -0.39 is 17.7 Å². The summed E-state index contributed by atoms with van der Waals surface area (Å²) < 4.78 is 0. The first-order valence-electron chi connectivity index (χ1n) is 9.19. The Morgan fingerprint density at radius 3 is 2.07 bits per heavy atom. The molecule has 4 rings (SSSR count). The van der Waals surface area contributed by atoms with E-state index in [9.17, 15) is 14.7 Å². The van der Waals surface area contributed by atoms with E-state index in [0.29, 0.717) is 10.6 Å². The molecule has 0 bridgehead atoms. The van der Waals surface area contributed by atoms with Gasteiger partial charge in [0.15, 0.2) is 0 Å². The summed E-state index contributed by atoms with van der Waals surface area (Å²) in [5.41, 5.74) is 2.19. The molecule has 0 radical (unpaired) electrons. The van der Waals surface area contributed by atoms with Crippen LogP contribution in [0.2, 0.25) is 5.02 Å². The normalized spacial score (nSPS) is 18.2. The number of Topliss-reactive ketones (excluding diaryl/α,β-unsaturated/α-hetero) is 1. The third-order valence-corrected chi connectivity index (χ3v) is 5.22. The number of likely N-dealkylation sites (tertiary alicyclic amines) is 1. The summed E-state index contributed by atoms with van der Waals surface area (Å²) in [5, 5.41) is 11.5. The summed E-state index contributed by atoms with van der Waals surface area (Å²) in [5.74, 6) is -1.52. The summed E-state index contributed by atoms with van der Waals surface area (Å²) in [6, 6.07) is 24.6. The first-order valence-corrected chi connectivity index (χ1v) is 9.57. The number of hydrogen-bond acceptors (Lipinski definition) is 3. The third kappa shape index (κ3) is 3.67. The van der Waals surface area contributed by atoms with Crippen LogP contribution in [-0.2, 0) is 16.1 Å². The highest BCUT2D eigenvalue weighted by Crippen LogP contribution is 2.40. The molecule has 144 valence electrons. The average Bonchev–Trinajstić information content (AvgIpc) is 3.00. The molecule has 4 nitrogen and oxygen atoms in total. The summed E-state index contributed by atoms with van der Waals surface area (Å²) in [6.07, 6.45) is 0. The Balaban J connectivity index is 1.85. The van der Waals surface area contributed by atoms with E-state index in [2.05, 4.69) is 0 Å². The Morgan fingerprint density at radius 2 is 1.45 bits per heavy atom. The van der Waals surface area contributed by atoms with Crippen LogP contribution in [0.5, 0.6) is 0 Å². The molecule has 3 aromatic rings. The third-order valence-electron chi connectivity index (χ3n) is 4.97. The zero-order chi connectivity index (χ0) is 20.4. The van der Waals surface area contributed by atoms with Crippen LogP contribution in [-0.4, -0.2) is 21.7 Å². The maximum atomic E-state index is 12.9. The molecule has 1 aliphatic rings. The summed E-state index contributed by atoms with van der Waals surface area (Å²) in [4.78, 5) is 27.3. The highest BCUT2D eigenvalue weighted by molar-refractivity contribution is 6.46. The van der Waals surface area contributed by atoms with Gasteiger partial charge in [-0.1, -0.05) is 72.3 Å². The standard InChI is InChI=1S/C24H18ClNO3/c25-19-13-11-18(12-14-19)22(27)20-21(17-9-5-2-6-10-17)26(24(29)23(20)28)15-16-7-3-1-4-8-16/h1-14,21,27H,15H2. The Labute approximate surface area is 173 Å². The van der Waals surface area contributed by atoms with Crippen molar-refractivity contribution in [2.75, 3.05) is 0 Å². The number of halogens is 1. The molecule has 0 aliphatic carbocycles. The van der Waals surface area contributed by atoms with Crippen LogP contribution in [0.1, 0.15) is 22.7 Å². The number of carbonyl (C=O) groups is 2. The molecule has 1 amide bonds. The number of aliphatic hydroxyl groups is 1. The molecule has 1 aliphatic heterocycles. The molecule has 1 fully saturated rings. The van der Waals surface area contributed by atoms with Gasteiger partial charge in [-0.3, -0.25) is 9.59 Å². The fourth-order valence-electron chi connectivity index (χ4n) is 3.57. The second-order valence-corrected chi connectivity index (χ2v) is 7.27. The summed E-state index contributed by atoms with van der Waals surface area (Å²) >= 11 is 5.94. The lowest BCUT2D eigenvalue weighted by Gasteiger charge is -2.25. The predicted molar refractivity (Wildman–Crippen MR) is 112 cm³/mol. The van der Waals surface area contributed by atoms with Crippen LogP contribution < -0.4 is 0 Å². The number of benzene rings is 3. The van der Waals surface area contributed by atoms with Gasteiger partial charge in [-0.15, -0.1) is 0 Å². The largest absolute Gasteiger partial charge is 0.507 e. The van der Waals surface area contributed by atoms with Crippen molar-refractivity contribution in [3.63, 3.8) is 0 Å². The number of nitrogens with zero attached hydrogens (tertiary/aromatic N) is 1. The summed E-state index contributed by atoms with van der Waals surface area (Å²) in [6.45, 7) is 0.266. The minimum absolute atomic E-state index is 0.0828. The van der Waals surface area contributed by atoms with Crippen LogP contribution in [0.4, 0.5) is 0 Å². The maximum Gasteiger partial charge on any atom is 0.295 e. The van der Waals surface area contributed by atoms with Gasteiger partial charge in [-0.05, 0) is 35.4 Å². The van der Waals surface area contributed by atoms with Gasteiger partial charge in [0.2, 0.25) is 0 Å². The SMILES string of the molecule is O=C1C(=O)N(Cc2ccccc2)C(c2ccccc2)C1=C(O)c1ccc(Cl)cc1. The van der Waals surface area contributed by atoms with Crippen LogP contribution >= 0.6 is 11.6 Å². The predicted octanol–water partition coefficient (Wildman–Crippen LogP) is 4.96. The molecule has 5 heteroatoms. The number of carbonyl (C=O) groups excluding carboxylic acids is 2. The molecule has 1 saturated heterocycles. The molecule has 1 heterocycles. The van der Waals surface area contributed by atoms with Gasteiger partial charge in [0.1, 0.15) is 5.76 Å². The number of rotatable bonds is 4. The van der Waals surface area contributed by atoms with E-state index in [0.717, 1.165) is 11.1 Å². The lowest BCUT2D eigenvalue weighted by molar-refractivity contribution is -0.140. The van der Waals surface area contributed by atoms with Gasteiger partial charge in [0.05, 0.1) is 11.6 Å². The highest BCUT2D eigenvalue weighted by atomic mass is 35.5. The van der Waals surface area contributed by atoms with Gasteiger partial charge in [0, 0.05) is 17.1 Å². The van der Waals surface area contributed by atoms with Crippen molar-refractivity contribution in [1.29, 1.82) is 0 Å². The first kappa shape index (κ1) is 19.0. The lowest BCUT2D eigenvalue weighted by Crippen LogP contribution is -2.29. The van der Waals surface area contributed by atoms with Crippen LogP contribution in [0, 0.1) is 0 Å². The van der Waals surface area contributed by atoms with Crippen LogP contribution in [0.25, 0.3) is 5.76 Å². The second-order valence-electron chi connectivity index (χ2n) is 6.83. The first-order chi connectivity index (χ1) is 14.1. The van der Waals surface area contributed by atoms with E-state index in [4.69, 9.17) is 11.6 Å². The summed E-state index contributed by atoms with van der Waals surface area (Å²) in [7, 11) is 0. The van der Waals surface area contributed by atoms with Gasteiger partial charge in [-0.25, -0.2) is 0 Å². The number of ketones is 1. The molecule has 0 saturated carbocycles. The van der Waals surface area contributed by atoms with E-state index in [1.807, 2.05) is 60.7 Å². The Bertz CT molecular complexity index is 1080. The van der Waals surface area contributed by atoms with Crippen molar-refractivity contribution in [2.24, 2.45) is 0 Å². The minimum Gasteiger partial charge on any atom is -0.507 e. The molecule has 1 N–H and O–H groups in total. The lowest BCUT2D eigenvalue weighted by atomic mass is 9.95. The second kappa shape index (κ2) is 7.94. The smallest absolute Gasteiger partial charge is 0.295 e. The zero-order valence-electron chi connectivity index (χ0n) is 15.5. The van der Waals surface area contributed by atoms with E-state index in [-0.39, 0.29) is 17.9 Å².